The maximum absolute atomic E-state index is 14.1. The number of ether oxygens (including phenoxy) is 1. The van der Waals surface area contributed by atoms with Crippen molar-refractivity contribution in [2.24, 2.45) is 11.3 Å². The molecule has 5 nitrogen and oxygen atoms in total. The Kier molecular flexibility index (Phi) is 8.48. The van der Waals surface area contributed by atoms with E-state index in [4.69, 9.17) is 21.3 Å². The van der Waals surface area contributed by atoms with Crippen LogP contribution in [0, 0.1) is 11.3 Å². The van der Waals surface area contributed by atoms with Crippen LogP contribution in [0.4, 0.5) is 5.69 Å². The lowest BCUT2D eigenvalue weighted by molar-refractivity contribution is -0.121. The molecule has 0 saturated heterocycles. The number of hydrogen-bond donors (Lipinski definition) is 0. The Labute approximate surface area is 269 Å². The Morgan fingerprint density at radius 3 is 2.33 bits per heavy atom. The van der Waals surface area contributed by atoms with Crippen molar-refractivity contribution in [2.75, 3.05) is 18.1 Å². The molecule has 0 saturated carbocycles. The normalized spacial score (nSPS) is 15.7. The van der Waals surface area contributed by atoms with E-state index in [0.717, 1.165) is 56.2 Å². The zero-order chi connectivity index (χ0) is 31.7. The van der Waals surface area contributed by atoms with Crippen LogP contribution >= 0.6 is 11.6 Å². The van der Waals surface area contributed by atoms with Gasteiger partial charge in [-0.15, -0.1) is 0 Å². The van der Waals surface area contributed by atoms with E-state index in [2.05, 4.69) is 26.8 Å². The number of hydrogen-bond acceptors (Lipinski definition) is 4. The van der Waals surface area contributed by atoms with Gasteiger partial charge in [-0.05, 0) is 83.5 Å². The van der Waals surface area contributed by atoms with Crippen LogP contribution in [0.2, 0.25) is 5.02 Å². The molecule has 6 heteroatoms. The first-order chi connectivity index (χ1) is 21.6. The fourth-order valence-corrected chi connectivity index (χ4v) is 6.46. The van der Waals surface area contributed by atoms with Crippen LogP contribution in [0.3, 0.4) is 0 Å². The summed E-state index contributed by atoms with van der Waals surface area (Å²) in [7, 11) is 0. The van der Waals surface area contributed by atoms with Gasteiger partial charge in [0.15, 0.2) is 6.61 Å². The van der Waals surface area contributed by atoms with E-state index in [1.165, 1.54) is 0 Å². The molecule has 1 heterocycles. The fraction of sp³-hybridized carbons (Fsp3) is 0.256. The second-order valence-electron chi connectivity index (χ2n) is 12.7. The van der Waals surface area contributed by atoms with Gasteiger partial charge in [0.2, 0.25) is 0 Å². The lowest BCUT2D eigenvalue weighted by Gasteiger charge is -2.36. The van der Waals surface area contributed by atoms with Gasteiger partial charge in [-0.3, -0.25) is 4.79 Å². The Morgan fingerprint density at radius 1 is 0.911 bits per heavy atom. The predicted octanol–water partition coefficient (Wildman–Crippen LogP) is 9.40. The number of halogens is 1. The molecular formula is C39H37ClN2O3. The van der Waals surface area contributed by atoms with Gasteiger partial charge in [0.25, 0.3) is 5.91 Å². The first-order valence-corrected chi connectivity index (χ1v) is 15.8. The second kappa shape index (κ2) is 12.5. The third-order valence-corrected chi connectivity index (χ3v) is 9.11. The van der Waals surface area contributed by atoms with Crippen molar-refractivity contribution >= 4 is 62.5 Å². The zero-order valence-electron chi connectivity index (χ0n) is 26.1. The van der Waals surface area contributed by atoms with Crippen molar-refractivity contribution in [1.82, 2.24) is 4.98 Å². The highest BCUT2D eigenvalue weighted by Crippen LogP contribution is 2.45. The summed E-state index contributed by atoms with van der Waals surface area (Å²) in [5.41, 5.74) is 5.78. The monoisotopic (exact) mass is 616 g/mol. The van der Waals surface area contributed by atoms with Crippen LogP contribution in [0.25, 0.3) is 33.3 Å². The van der Waals surface area contributed by atoms with Gasteiger partial charge in [0.1, 0.15) is 0 Å². The summed E-state index contributed by atoms with van der Waals surface area (Å²) in [6, 6.07) is 29.3. The van der Waals surface area contributed by atoms with Crippen molar-refractivity contribution in [3.05, 3.63) is 118 Å². The van der Waals surface area contributed by atoms with Gasteiger partial charge in [-0.1, -0.05) is 99.1 Å². The van der Waals surface area contributed by atoms with E-state index >= 15 is 0 Å². The largest absolute Gasteiger partial charge is 0.452 e. The number of para-hydroxylation sites is 1. The van der Waals surface area contributed by atoms with Crippen molar-refractivity contribution in [3.8, 4) is 0 Å². The number of aromatic nitrogens is 1. The summed E-state index contributed by atoms with van der Waals surface area (Å²) in [4.78, 5) is 34.5. The highest BCUT2D eigenvalue weighted by Gasteiger charge is 2.35. The minimum atomic E-state index is -0.507. The van der Waals surface area contributed by atoms with E-state index in [0.29, 0.717) is 23.6 Å². The van der Waals surface area contributed by atoms with Crippen molar-refractivity contribution in [2.45, 2.75) is 40.5 Å². The molecule has 1 amide bonds. The number of allylic oxidation sites excluding steroid dienone is 1. The third-order valence-electron chi connectivity index (χ3n) is 8.86. The highest BCUT2D eigenvalue weighted by atomic mass is 35.5. The van der Waals surface area contributed by atoms with Crippen LogP contribution in [-0.2, 0) is 16.0 Å². The number of likely N-dealkylation sites (N-methyl/N-ethyl adjacent to an activating group) is 1. The number of anilines is 1. The van der Waals surface area contributed by atoms with Crippen LogP contribution in [0.15, 0.2) is 91.0 Å². The van der Waals surface area contributed by atoms with E-state index in [1.807, 2.05) is 97.9 Å². The Hall–Kier alpha value is -4.48. The second-order valence-corrected chi connectivity index (χ2v) is 13.2. The van der Waals surface area contributed by atoms with Crippen LogP contribution in [-0.4, -0.2) is 30.0 Å². The van der Waals surface area contributed by atoms with Crippen molar-refractivity contribution in [3.63, 3.8) is 0 Å². The molecular weight excluding hydrogens is 580 g/mol. The number of amides is 1. The number of carbonyl (C=O) groups excluding carboxylic acids is 2. The number of benzene rings is 4. The first-order valence-electron chi connectivity index (χ1n) is 15.5. The summed E-state index contributed by atoms with van der Waals surface area (Å²) >= 11 is 6.17. The average molecular weight is 617 g/mol. The van der Waals surface area contributed by atoms with E-state index in [9.17, 15) is 9.59 Å². The molecule has 0 radical (unpaired) electrons. The minimum absolute atomic E-state index is 0.0142. The smallest absolute Gasteiger partial charge is 0.339 e. The quantitative estimate of drug-likeness (QED) is 0.178. The van der Waals surface area contributed by atoms with Gasteiger partial charge >= 0.3 is 5.97 Å². The van der Waals surface area contributed by atoms with Gasteiger partial charge in [0, 0.05) is 22.3 Å². The van der Waals surface area contributed by atoms with Crippen molar-refractivity contribution in [1.29, 1.82) is 0 Å². The SMILES string of the molecule is CCN(C(=O)COC(=O)c1c2c(nc3ccccc13)/C(=C/c1ccc(Cl)cc1)C[C@@H](C(C)(C)C)C2)c1cccc2ccccc12. The molecule has 0 spiro atoms. The summed E-state index contributed by atoms with van der Waals surface area (Å²) in [5, 5.41) is 3.43. The number of fused-ring (bicyclic) bond motifs is 3. The Balaban J connectivity index is 1.38. The number of pyridine rings is 1. The number of nitrogens with zero attached hydrogens (tertiary/aromatic N) is 2. The molecule has 0 fully saturated rings. The van der Waals surface area contributed by atoms with E-state index in [-0.39, 0.29) is 23.8 Å². The molecule has 4 aromatic carbocycles. The molecule has 1 aliphatic carbocycles. The molecule has 45 heavy (non-hydrogen) atoms. The molecule has 228 valence electrons. The molecule has 6 rings (SSSR count). The summed E-state index contributed by atoms with van der Waals surface area (Å²) < 4.78 is 5.88. The van der Waals surface area contributed by atoms with Gasteiger partial charge in [-0.2, -0.15) is 0 Å². The summed E-state index contributed by atoms with van der Waals surface area (Å²) in [6.07, 6.45) is 3.66. The van der Waals surface area contributed by atoms with E-state index < -0.39 is 5.97 Å². The van der Waals surface area contributed by atoms with Gasteiger partial charge in [-0.25, -0.2) is 9.78 Å². The molecule has 0 N–H and O–H groups in total. The molecule has 1 aromatic heterocycles. The van der Waals surface area contributed by atoms with E-state index in [1.54, 1.807) is 4.90 Å². The van der Waals surface area contributed by atoms with Crippen LogP contribution in [0.1, 0.15) is 61.3 Å². The fourth-order valence-electron chi connectivity index (χ4n) is 6.33. The summed E-state index contributed by atoms with van der Waals surface area (Å²) in [5.74, 6) is -0.514. The molecule has 0 aliphatic heterocycles. The molecule has 5 aromatic rings. The van der Waals surface area contributed by atoms with Crippen LogP contribution < -0.4 is 4.90 Å². The van der Waals surface area contributed by atoms with Gasteiger partial charge < -0.3 is 9.64 Å². The number of esters is 1. The third kappa shape index (κ3) is 6.23. The lowest BCUT2D eigenvalue weighted by atomic mass is 9.69. The maximum Gasteiger partial charge on any atom is 0.339 e. The topological polar surface area (TPSA) is 59.5 Å². The number of rotatable bonds is 6. The molecule has 0 unspecified atom stereocenters. The standard InChI is InChI=1S/C39H37ClN2O3/c1-5-42(34-16-10-12-26-11-6-7-13-30(26)34)35(43)24-45-38(44)36-31-14-8-9-15-33(31)41-37-27(21-25-17-19-29(40)20-18-25)22-28(23-32(36)37)39(2,3)4/h6-21,28H,5,22-24H2,1-4H3/b27-21+/t28-/m1/s1. The Bertz CT molecular complexity index is 1930. The highest BCUT2D eigenvalue weighted by molar-refractivity contribution is 6.30. The summed E-state index contributed by atoms with van der Waals surface area (Å²) in [6.45, 7) is 8.72. The Morgan fingerprint density at radius 2 is 1.60 bits per heavy atom. The first kappa shape index (κ1) is 30.5. The maximum atomic E-state index is 14.1. The van der Waals surface area contributed by atoms with Crippen molar-refractivity contribution < 1.29 is 14.3 Å². The molecule has 0 bridgehead atoms. The molecule has 1 aliphatic rings. The molecule has 1 atom stereocenters. The van der Waals surface area contributed by atoms with Crippen LogP contribution in [0.5, 0.6) is 0 Å². The lowest BCUT2D eigenvalue weighted by Crippen LogP contribution is -2.35. The minimum Gasteiger partial charge on any atom is -0.452 e. The average Bonchev–Trinajstić information content (AvgIpc) is 3.03. The number of carbonyl (C=O) groups is 2. The zero-order valence-corrected chi connectivity index (χ0v) is 26.9. The predicted molar refractivity (Wildman–Crippen MR) is 185 cm³/mol. The van der Waals surface area contributed by atoms with Gasteiger partial charge in [0.05, 0.1) is 22.5 Å².